The summed E-state index contributed by atoms with van der Waals surface area (Å²) in [6.07, 6.45) is 0.876. The van der Waals surface area contributed by atoms with Crippen molar-refractivity contribution in [2.75, 3.05) is 6.79 Å². The maximum atomic E-state index is 12.6. The smallest absolute Gasteiger partial charge is 0.233 e. The first-order chi connectivity index (χ1) is 11.7. The second-order valence-corrected chi connectivity index (χ2v) is 6.10. The van der Waals surface area contributed by atoms with Gasteiger partial charge in [-0.15, -0.1) is 0 Å². The Balaban J connectivity index is 1.47. The number of imide groups is 1. The third-order valence-electron chi connectivity index (χ3n) is 4.44. The molecule has 122 valence electrons. The fourth-order valence-corrected chi connectivity index (χ4v) is 3.20. The van der Waals surface area contributed by atoms with Crippen LogP contribution in [0.5, 0.6) is 11.5 Å². The molecule has 4 rings (SSSR count). The Hall–Kier alpha value is -2.82. The number of fused-ring (bicyclic) bond motifs is 1. The topological polar surface area (TPSA) is 55.8 Å². The first kappa shape index (κ1) is 14.8. The van der Waals surface area contributed by atoms with Crippen LogP contribution in [-0.2, 0) is 22.6 Å². The Morgan fingerprint density at radius 3 is 2.58 bits per heavy atom. The quantitative estimate of drug-likeness (QED) is 0.812. The molecule has 0 N–H and O–H groups in total. The van der Waals surface area contributed by atoms with Crippen LogP contribution in [0.2, 0.25) is 0 Å². The van der Waals surface area contributed by atoms with Crippen LogP contribution in [0.25, 0.3) is 0 Å². The molecule has 0 bridgehead atoms. The average Bonchev–Trinajstić information content (AvgIpc) is 3.16. The van der Waals surface area contributed by atoms with Crippen molar-refractivity contribution >= 4 is 11.8 Å². The van der Waals surface area contributed by atoms with Crippen LogP contribution in [0.4, 0.5) is 0 Å². The maximum Gasteiger partial charge on any atom is 0.233 e. The second-order valence-electron chi connectivity index (χ2n) is 6.10. The zero-order valence-corrected chi connectivity index (χ0v) is 13.1. The van der Waals surface area contributed by atoms with Crippen LogP contribution >= 0.6 is 0 Å². The summed E-state index contributed by atoms with van der Waals surface area (Å²) < 4.78 is 10.6. The monoisotopic (exact) mass is 323 g/mol. The minimum Gasteiger partial charge on any atom is -0.454 e. The Morgan fingerprint density at radius 2 is 1.75 bits per heavy atom. The first-order valence-corrected chi connectivity index (χ1v) is 7.97. The molecule has 2 aliphatic heterocycles. The normalized spacial score (nSPS) is 19.2. The molecule has 0 aromatic heterocycles. The average molecular weight is 323 g/mol. The summed E-state index contributed by atoms with van der Waals surface area (Å²) in [5.74, 6) is 0.876. The van der Waals surface area contributed by atoms with E-state index in [1.165, 1.54) is 4.90 Å². The number of ether oxygens (including phenoxy) is 2. The van der Waals surface area contributed by atoms with Gasteiger partial charge in [0.15, 0.2) is 11.5 Å². The van der Waals surface area contributed by atoms with Gasteiger partial charge in [-0.3, -0.25) is 14.5 Å². The minimum absolute atomic E-state index is 0.0958. The molecule has 1 atom stereocenters. The van der Waals surface area contributed by atoms with Gasteiger partial charge in [0.25, 0.3) is 0 Å². The van der Waals surface area contributed by atoms with E-state index in [9.17, 15) is 9.59 Å². The molecular weight excluding hydrogens is 306 g/mol. The van der Waals surface area contributed by atoms with Gasteiger partial charge in [0, 0.05) is 6.42 Å². The number of likely N-dealkylation sites (tertiary alicyclic amines) is 1. The highest BCUT2D eigenvalue weighted by Crippen LogP contribution is 2.33. The molecule has 2 aliphatic rings. The van der Waals surface area contributed by atoms with Crippen molar-refractivity contribution in [1.82, 2.24) is 4.90 Å². The van der Waals surface area contributed by atoms with Crippen molar-refractivity contribution < 1.29 is 19.1 Å². The molecule has 2 amide bonds. The molecule has 5 nitrogen and oxygen atoms in total. The molecule has 0 radical (unpaired) electrons. The van der Waals surface area contributed by atoms with E-state index in [1.54, 1.807) is 0 Å². The van der Waals surface area contributed by atoms with Crippen LogP contribution in [0.3, 0.4) is 0 Å². The third-order valence-corrected chi connectivity index (χ3v) is 4.44. The molecule has 1 fully saturated rings. The van der Waals surface area contributed by atoms with Crippen LogP contribution in [0.1, 0.15) is 17.5 Å². The third kappa shape index (κ3) is 2.73. The lowest BCUT2D eigenvalue weighted by Crippen LogP contribution is -2.30. The van der Waals surface area contributed by atoms with Gasteiger partial charge < -0.3 is 9.47 Å². The number of rotatable bonds is 4. The highest BCUT2D eigenvalue weighted by molar-refractivity contribution is 6.03. The fourth-order valence-electron chi connectivity index (χ4n) is 3.20. The van der Waals surface area contributed by atoms with E-state index < -0.39 is 0 Å². The molecule has 0 aliphatic carbocycles. The Morgan fingerprint density at radius 1 is 0.958 bits per heavy atom. The van der Waals surface area contributed by atoms with Crippen LogP contribution in [-0.4, -0.2) is 23.5 Å². The standard InChI is InChI=1S/C19H17NO4/c21-18-10-15(8-13-4-2-1-3-5-13)19(22)20(18)11-14-6-7-16-17(9-14)24-12-23-16/h1-7,9,15H,8,10-12H2/t15-/m1/s1. The Labute approximate surface area is 139 Å². The molecule has 24 heavy (non-hydrogen) atoms. The van der Waals surface area contributed by atoms with E-state index >= 15 is 0 Å². The van der Waals surface area contributed by atoms with Gasteiger partial charge >= 0.3 is 0 Å². The molecule has 5 heteroatoms. The summed E-state index contributed by atoms with van der Waals surface area (Å²) in [5.41, 5.74) is 1.94. The van der Waals surface area contributed by atoms with E-state index in [4.69, 9.17) is 9.47 Å². The summed E-state index contributed by atoms with van der Waals surface area (Å²) in [7, 11) is 0. The Bertz CT molecular complexity index is 787. The fraction of sp³-hybridized carbons (Fsp3) is 0.263. The number of carbonyl (C=O) groups is 2. The molecule has 0 spiro atoms. The lowest BCUT2D eigenvalue weighted by molar-refractivity contribution is -0.140. The number of hydrogen-bond acceptors (Lipinski definition) is 4. The molecule has 2 aromatic carbocycles. The molecular formula is C19H17NO4. The van der Waals surface area contributed by atoms with Crippen LogP contribution < -0.4 is 9.47 Å². The molecule has 0 unspecified atom stereocenters. The maximum absolute atomic E-state index is 12.6. The van der Waals surface area contributed by atoms with E-state index in [1.807, 2.05) is 48.5 Å². The molecule has 0 saturated carbocycles. The van der Waals surface area contributed by atoms with Gasteiger partial charge in [-0.2, -0.15) is 0 Å². The van der Waals surface area contributed by atoms with Crippen LogP contribution in [0.15, 0.2) is 48.5 Å². The van der Waals surface area contributed by atoms with Gasteiger partial charge in [-0.05, 0) is 29.7 Å². The molecule has 2 aromatic rings. The zero-order valence-electron chi connectivity index (χ0n) is 13.1. The van der Waals surface area contributed by atoms with Crippen molar-refractivity contribution in [1.29, 1.82) is 0 Å². The lowest BCUT2D eigenvalue weighted by Gasteiger charge is -2.15. The van der Waals surface area contributed by atoms with Crippen molar-refractivity contribution in [2.24, 2.45) is 5.92 Å². The summed E-state index contributed by atoms with van der Waals surface area (Å²) in [5, 5.41) is 0. The SMILES string of the molecule is O=C1C[C@@H](Cc2ccccc2)C(=O)N1Cc1ccc2c(c1)OCO2. The van der Waals surface area contributed by atoms with E-state index in [0.717, 1.165) is 11.1 Å². The van der Waals surface area contributed by atoms with Crippen LogP contribution in [0, 0.1) is 5.92 Å². The predicted octanol–water partition coefficient (Wildman–Crippen LogP) is 2.53. The largest absolute Gasteiger partial charge is 0.454 e. The Kier molecular flexibility index (Phi) is 3.69. The van der Waals surface area contributed by atoms with Gasteiger partial charge in [-0.1, -0.05) is 36.4 Å². The highest BCUT2D eigenvalue weighted by atomic mass is 16.7. The number of nitrogens with zero attached hydrogens (tertiary/aromatic N) is 1. The zero-order chi connectivity index (χ0) is 16.5. The van der Waals surface area contributed by atoms with Gasteiger partial charge in [0.1, 0.15) is 0 Å². The number of hydrogen-bond donors (Lipinski definition) is 0. The highest BCUT2D eigenvalue weighted by Gasteiger charge is 2.38. The summed E-state index contributed by atoms with van der Waals surface area (Å²) in [6, 6.07) is 15.3. The lowest BCUT2D eigenvalue weighted by atomic mass is 9.98. The first-order valence-electron chi connectivity index (χ1n) is 7.97. The molecule has 1 saturated heterocycles. The second kappa shape index (κ2) is 6.00. The van der Waals surface area contributed by atoms with Gasteiger partial charge in [-0.25, -0.2) is 0 Å². The van der Waals surface area contributed by atoms with Crippen molar-refractivity contribution in [3.63, 3.8) is 0 Å². The number of benzene rings is 2. The predicted molar refractivity (Wildman–Crippen MR) is 86.4 cm³/mol. The van der Waals surface area contributed by atoms with E-state index in [-0.39, 0.29) is 37.5 Å². The van der Waals surface area contributed by atoms with Gasteiger partial charge in [0.2, 0.25) is 18.6 Å². The number of carbonyl (C=O) groups excluding carboxylic acids is 2. The van der Waals surface area contributed by atoms with E-state index in [2.05, 4.69) is 0 Å². The van der Waals surface area contributed by atoms with Crippen molar-refractivity contribution in [3.8, 4) is 11.5 Å². The van der Waals surface area contributed by atoms with Crippen molar-refractivity contribution in [2.45, 2.75) is 19.4 Å². The van der Waals surface area contributed by atoms with Gasteiger partial charge in [0.05, 0.1) is 12.5 Å². The summed E-state index contributed by atoms with van der Waals surface area (Å²) in [4.78, 5) is 26.2. The number of amides is 2. The van der Waals surface area contributed by atoms with Crippen molar-refractivity contribution in [3.05, 3.63) is 59.7 Å². The van der Waals surface area contributed by atoms with E-state index in [0.29, 0.717) is 17.9 Å². The summed E-state index contributed by atoms with van der Waals surface area (Å²) in [6.45, 7) is 0.485. The molecule has 2 heterocycles. The minimum atomic E-state index is -0.270. The summed E-state index contributed by atoms with van der Waals surface area (Å²) >= 11 is 0.